The molecule has 0 radical (unpaired) electrons. The maximum Gasteiger partial charge on any atom is 0.415 e. The fraction of sp³-hybridized carbons (Fsp3) is 0.421. The molecule has 1 amide bonds. The summed E-state index contributed by atoms with van der Waals surface area (Å²) in [5, 5.41) is 7.82. The zero-order valence-electron chi connectivity index (χ0n) is 14.0. The topological polar surface area (TPSA) is 60.3 Å². The molecule has 5 rings (SSSR count). The van der Waals surface area contributed by atoms with E-state index in [9.17, 15) is 4.79 Å². The molecule has 1 aromatic heterocycles. The number of allylic oxidation sites excluding steroid dienone is 2. The molecular formula is C19H20N4O2. The number of carbonyl (C=O) groups excluding carboxylic acids is 1. The zero-order valence-corrected chi connectivity index (χ0v) is 14.0. The van der Waals surface area contributed by atoms with Crippen LogP contribution in [0.2, 0.25) is 0 Å². The molecule has 2 aromatic rings. The summed E-state index contributed by atoms with van der Waals surface area (Å²) in [5.74, 6) is 0. The number of carbonyl (C=O) groups is 1. The Hall–Kier alpha value is -2.63. The fourth-order valence-corrected chi connectivity index (χ4v) is 4.25. The van der Waals surface area contributed by atoms with Crippen molar-refractivity contribution in [1.29, 1.82) is 0 Å². The van der Waals surface area contributed by atoms with E-state index < -0.39 is 0 Å². The monoisotopic (exact) mass is 336 g/mol. The minimum atomic E-state index is -0.251. The first kappa shape index (κ1) is 14.7. The highest BCUT2D eigenvalue weighted by Gasteiger charge is 2.47. The summed E-state index contributed by atoms with van der Waals surface area (Å²) in [6, 6.07) is 6.54. The van der Waals surface area contributed by atoms with Gasteiger partial charge in [0.15, 0.2) is 0 Å². The van der Waals surface area contributed by atoms with E-state index in [1.165, 1.54) is 36.0 Å². The van der Waals surface area contributed by atoms with Gasteiger partial charge in [-0.1, -0.05) is 17.4 Å². The van der Waals surface area contributed by atoms with Gasteiger partial charge in [0.1, 0.15) is 6.10 Å². The van der Waals surface area contributed by atoms with Gasteiger partial charge in [-0.15, -0.1) is 5.10 Å². The number of cyclic esters (lactones) is 1. The van der Waals surface area contributed by atoms with Crippen molar-refractivity contribution in [2.45, 2.75) is 50.8 Å². The third kappa shape index (κ3) is 2.44. The van der Waals surface area contributed by atoms with Crippen LogP contribution < -0.4 is 4.90 Å². The number of hydrogen-bond acceptors (Lipinski definition) is 4. The summed E-state index contributed by atoms with van der Waals surface area (Å²) in [6.45, 7) is 0.541. The van der Waals surface area contributed by atoms with Gasteiger partial charge in [-0.2, -0.15) is 0 Å². The number of rotatable bonds is 3. The molecule has 2 atom stereocenters. The Balaban J connectivity index is 1.43. The van der Waals surface area contributed by atoms with E-state index in [4.69, 9.17) is 4.74 Å². The van der Waals surface area contributed by atoms with Crippen LogP contribution in [0.4, 0.5) is 10.5 Å². The molecule has 25 heavy (non-hydrogen) atoms. The molecule has 1 saturated heterocycles. The molecule has 2 aliphatic heterocycles. The van der Waals surface area contributed by atoms with Crippen LogP contribution in [0.1, 0.15) is 36.8 Å². The third-order valence-electron chi connectivity index (χ3n) is 5.48. The highest BCUT2D eigenvalue weighted by molar-refractivity contribution is 5.94. The van der Waals surface area contributed by atoms with Crippen molar-refractivity contribution in [2.24, 2.45) is 0 Å². The van der Waals surface area contributed by atoms with E-state index in [0.717, 1.165) is 18.5 Å². The number of amides is 1. The van der Waals surface area contributed by atoms with E-state index in [1.807, 2.05) is 4.90 Å². The van der Waals surface area contributed by atoms with Gasteiger partial charge >= 0.3 is 6.09 Å². The maximum absolute atomic E-state index is 12.4. The third-order valence-corrected chi connectivity index (χ3v) is 5.48. The largest absolute Gasteiger partial charge is 0.442 e. The van der Waals surface area contributed by atoms with Gasteiger partial charge in [0, 0.05) is 6.20 Å². The molecule has 128 valence electrons. The van der Waals surface area contributed by atoms with Crippen molar-refractivity contribution in [1.82, 2.24) is 15.0 Å². The van der Waals surface area contributed by atoms with Crippen molar-refractivity contribution < 1.29 is 9.53 Å². The van der Waals surface area contributed by atoms with Gasteiger partial charge in [0.2, 0.25) is 0 Å². The molecule has 3 heterocycles. The number of fused-ring (bicyclic) bond motifs is 3. The van der Waals surface area contributed by atoms with Crippen LogP contribution in [0.5, 0.6) is 0 Å². The Morgan fingerprint density at radius 1 is 1.28 bits per heavy atom. The second-order valence-electron chi connectivity index (χ2n) is 7.01. The van der Waals surface area contributed by atoms with Crippen molar-refractivity contribution in [2.75, 3.05) is 4.90 Å². The molecule has 0 saturated carbocycles. The van der Waals surface area contributed by atoms with Gasteiger partial charge in [-0.3, -0.25) is 4.90 Å². The molecule has 1 aromatic carbocycles. The van der Waals surface area contributed by atoms with Gasteiger partial charge in [0.05, 0.1) is 24.5 Å². The second-order valence-corrected chi connectivity index (χ2v) is 7.01. The highest BCUT2D eigenvalue weighted by atomic mass is 16.6. The van der Waals surface area contributed by atoms with E-state index in [-0.39, 0.29) is 18.2 Å². The molecule has 0 unspecified atom stereocenters. The van der Waals surface area contributed by atoms with Gasteiger partial charge in [-0.25, -0.2) is 9.48 Å². The van der Waals surface area contributed by atoms with Gasteiger partial charge in [-0.05, 0) is 60.9 Å². The van der Waals surface area contributed by atoms with E-state index in [2.05, 4.69) is 34.6 Å². The molecular weight excluding hydrogens is 316 g/mol. The van der Waals surface area contributed by atoms with Crippen molar-refractivity contribution in [3.8, 4) is 0 Å². The number of aromatic nitrogens is 3. The number of ether oxygens (including phenoxy) is 1. The molecule has 6 heteroatoms. The van der Waals surface area contributed by atoms with Gasteiger partial charge < -0.3 is 4.74 Å². The summed E-state index contributed by atoms with van der Waals surface area (Å²) in [6.07, 6.45) is 11.1. The Morgan fingerprint density at radius 3 is 3.04 bits per heavy atom. The summed E-state index contributed by atoms with van der Waals surface area (Å²) < 4.78 is 7.32. The van der Waals surface area contributed by atoms with Gasteiger partial charge in [0.25, 0.3) is 0 Å². The van der Waals surface area contributed by atoms with Crippen LogP contribution >= 0.6 is 0 Å². The van der Waals surface area contributed by atoms with Crippen LogP contribution in [0.15, 0.2) is 36.7 Å². The number of benzene rings is 1. The van der Waals surface area contributed by atoms with Crippen LogP contribution in [0.3, 0.4) is 0 Å². The summed E-state index contributed by atoms with van der Waals surface area (Å²) in [4.78, 5) is 14.2. The lowest BCUT2D eigenvalue weighted by atomic mass is 9.92. The Kier molecular flexibility index (Phi) is 3.36. The number of anilines is 1. The van der Waals surface area contributed by atoms with Crippen LogP contribution in [0, 0.1) is 0 Å². The average Bonchev–Trinajstić information content (AvgIpc) is 3.34. The minimum Gasteiger partial charge on any atom is -0.442 e. The quantitative estimate of drug-likeness (QED) is 0.864. The number of hydrogen-bond donors (Lipinski definition) is 0. The molecule has 0 N–H and O–H groups in total. The predicted octanol–water partition coefficient (Wildman–Crippen LogP) is 3.19. The Bertz CT molecular complexity index is 843. The first-order valence-electron chi connectivity index (χ1n) is 8.96. The molecule has 0 bridgehead atoms. The highest BCUT2D eigenvalue weighted by Crippen LogP contribution is 2.41. The van der Waals surface area contributed by atoms with Crippen molar-refractivity contribution >= 4 is 17.4 Å². The van der Waals surface area contributed by atoms with Crippen molar-refractivity contribution in [3.63, 3.8) is 0 Å². The normalized spacial score (nSPS) is 24.7. The van der Waals surface area contributed by atoms with Crippen molar-refractivity contribution in [3.05, 3.63) is 47.8 Å². The Morgan fingerprint density at radius 2 is 2.24 bits per heavy atom. The summed E-state index contributed by atoms with van der Waals surface area (Å²) in [5.41, 5.74) is 4.99. The lowest BCUT2D eigenvalue weighted by Gasteiger charge is -2.16. The smallest absolute Gasteiger partial charge is 0.415 e. The SMILES string of the molecule is O=C1O[C@@H](Cn2ccnn2)[C@@H]2Cc3cc(C4=CCCCC4)ccc3N12. The lowest BCUT2D eigenvalue weighted by molar-refractivity contribution is 0.117. The van der Waals surface area contributed by atoms with Crippen LogP contribution in [0.25, 0.3) is 5.57 Å². The summed E-state index contributed by atoms with van der Waals surface area (Å²) >= 11 is 0. The molecule has 1 fully saturated rings. The minimum absolute atomic E-state index is 0.0438. The van der Waals surface area contributed by atoms with E-state index in [0.29, 0.717) is 6.54 Å². The van der Waals surface area contributed by atoms with E-state index >= 15 is 0 Å². The fourth-order valence-electron chi connectivity index (χ4n) is 4.25. The van der Waals surface area contributed by atoms with Crippen LogP contribution in [-0.2, 0) is 17.7 Å². The molecule has 0 spiro atoms. The maximum atomic E-state index is 12.4. The first-order valence-corrected chi connectivity index (χ1v) is 8.96. The average molecular weight is 336 g/mol. The van der Waals surface area contributed by atoms with E-state index in [1.54, 1.807) is 17.1 Å². The molecule has 1 aliphatic carbocycles. The first-order chi connectivity index (χ1) is 12.3. The second kappa shape index (κ2) is 5.72. The lowest BCUT2D eigenvalue weighted by Crippen LogP contribution is -2.35. The standard InChI is InChI=1S/C19H20N4O2/c24-19-23-16-7-6-14(13-4-2-1-3-5-13)10-15(16)11-17(23)18(25-19)12-22-9-8-20-21-22/h4,6-10,17-18H,1-3,5,11-12H2/t17-,18-/m0/s1. The summed E-state index contributed by atoms with van der Waals surface area (Å²) in [7, 11) is 0. The zero-order chi connectivity index (χ0) is 16.8. The molecule has 6 nitrogen and oxygen atoms in total. The van der Waals surface area contributed by atoms with Crippen LogP contribution in [-0.4, -0.2) is 33.2 Å². The Labute approximate surface area is 146 Å². The molecule has 3 aliphatic rings. The number of nitrogens with zero attached hydrogens (tertiary/aromatic N) is 4. The predicted molar refractivity (Wildman–Crippen MR) is 93.1 cm³/mol.